The minimum Gasteiger partial charge on any atom is -0.396 e. The zero-order chi connectivity index (χ0) is 15.9. The second-order valence-electron chi connectivity index (χ2n) is 4.48. The Labute approximate surface area is 126 Å². The van der Waals surface area contributed by atoms with Gasteiger partial charge in [-0.15, -0.1) is 5.10 Å². The second kappa shape index (κ2) is 7.48. The van der Waals surface area contributed by atoms with Gasteiger partial charge in [0.05, 0.1) is 6.20 Å². The zero-order valence-electron chi connectivity index (χ0n) is 11.8. The highest BCUT2D eigenvalue weighted by Crippen LogP contribution is 2.17. The van der Waals surface area contributed by atoms with Gasteiger partial charge in [-0.1, -0.05) is 0 Å². The summed E-state index contributed by atoms with van der Waals surface area (Å²) >= 11 is 0. The van der Waals surface area contributed by atoms with E-state index in [1.807, 2.05) is 0 Å². The molecule has 0 amide bonds. The summed E-state index contributed by atoms with van der Waals surface area (Å²) in [6, 6.07) is 2.73. The van der Waals surface area contributed by atoms with E-state index < -0.39 is 5.82 Å². The lowest BCUT2D eigenvalue weighted by molar-refractivity contribution is 0.286. The van der Waals surface area contributed by atoms with E-state index in [2.05, 4.69) is 20.2 Å². The smallest absolute Gasteiger partial charge is 0.242 e. The molecule has 2 aromatic rings. The quantitative estimate of drug-likeness (QED) is 0.260. The van der Waals surface area contributed by atoms with Gasteiger partial charge in [-0.05, 0) is 25.0 Å². The molecule has 8 nitrogen and oxygen atoms in total. The van der Waals surface area contributed by atoms with Crippen molar-refractivity contribution in [1.82, 2.24) is 14.8 Å². The van der Waals surface area contributed by atoms with Crippen molar-refractivity contribution in [2.75, 3.05) is 18.5 Å². The highest BCUT2D eigenvalue weighted by atomic mass is 19.1. The van der Waals surface area contributed by atoms with Crippen LogP contribution in [0.5, 0.6) is 0 Å². The van der Waals surface area contributed by atoms with Crippen molar-refractivity contribution in [1.29, 1.82) is 5.41 Å². The average Bonchev–Trinajstić information content (AvgIpc) is 2.95. The van der Waals surface area contributed by atoms with Gasteiger partial charge in [-0.3, -0.25) is 5.41 Å². The van der Waals surface area contributed by atoms with Crippen LogP contribution in [0.1, 0.15) is 18.4 Å². The number of nitrogens with zero attached hydrogens (tertiary/aromatic N) is 3. The number of aromatic nitrogens is 3. The highest BCUT2D eigenvalue weighted by molar-refractivity contribution is 5.96. The van der Waals surface area contributed by atoms with Crippen LogP contribution in [0.2, 0.25) is 0 Å². The molecule has 0 atom stereocenters. The number of unbranched alkanes of at least 4 members (excludes halogenated alkanes) is 1. The molecule has 0 radical (unpaired) electrons. The third-order valence-electron chi connectivity index (χ3n) is 2.90. The molecule has 9 heteroatoms. The number of aliphatic hydroxyl groups is 1. The van der Waals surface area contributed by atoms with E-state index in [0.717, 1.165) is 12.6 Å². The van der Waals surface area contributed by atoms with Crippen molar-refractivity contribution in [3.05, 3.63) is 35.9 Å². The number of hydrogen-bond acceptors (Lipinski definition) is 7. The minimum absolute atomic E-state index is 0.115. The minimum atomic E-state index is -0.448. The van der Waals surface area contributed by atoms with Crippen molar-refractivity contribution in [2.24, 2.45) is 5.90 Å². The summed E-state index contributed by atoms with van der Waals surface area (Å²) in [6.07, 6.45) is 4.00. The molecular weight excluding hydrogens is 291 g/mol. The van der Waals surface area contributed by atoms with E-state index in [4.69, 9.17) is 16.4 Å². The third-order valence-corrected chi connectivity index (χ3v) is 2.90. The van der Waals surface area contributed by atoms with Gasteiger partial charge in [0.25, 0.3) is 0 Å². The van der Waals surface area contributed by atoms with E-state index in [1.54, 1.807) is 0 Å². The van der Waals surface area contributed by atoms with Crippen LogP contribution in [-0.4, -0.2) is 38.9 Å². The number of nitrogens with one attached hydrogen (secondary N) is 2. The summed E-state index contributed by atoms with van der Waals surface area (Å²) in [5.74, 6) is 5.13. The van der Waals surface area contributed by atoms with Gasteiger partial charge in [0, 0.05) is 19.3 Å². The lowest BCUT2D eigenvalue weighted by Gasteiger charge is -2.05. The van der Waals surface area contributed by atoms with E-state index in [1.165, 1.54) is 23.0 Å². The second-order valence-corrected chi connectivity index (χ2v) is 4.48. The summed E-state index contributed by atoms with van der Waals surface area (Å²) in [5.41, 5.74) is 0.359. The molecule has 0 aliphatic carbocycles. The number of nitrogens with two attached hydrogens (primary N) is 1. The SMILES string of the molecule is N=C(ON)c1cn(-c2ccc(F)cn2)nc1NCCCCO. The van der Waals surface area contributed by atoms with Crippen LogP contribution in [0.25, 0.3) is 5.82 Å². The molecule has 2 aromatic heterocycles. The molecule has 0 saturated heterocycles. The van der Waals surface area contributed by atoms with Gasteiger partial charge >= 0.3 is 0 Å². The lowest BCUT2D eigenvalue weighted by atomic mass is 10.3. The molecule has 2 rings (SSSR count). The Bertz CT molecular complexity index is 628. The van der Waals surface area contributed by atoms with Crippen molar-refractivity contribution < 1.29 is 14.3 Å². The molecule has 0 bridgehead atoms. The molecule has 0 aromatic carbocycles. The van der Waals surface area contributed by atoms with Gasteiger partial charge in [-0.25, -0.2) is 14.1 Å². The molecule has 0 fully saturated rings. The zero-order valence-corrected chi connectivity index (χ0v) is 11.8. The summed E-state index contributed by atoms with van der Waals surface area (Å²) in [6.45, 7) is 0.684. The molecule has 0 aliphatic rings. The van der Waals surface area contributed by atoms with Crippen molar-refractivity contribution >= 4 is 11.7 Å². The molecule has 2 heterocycles. The van der Waals surface area contributed by atoms with Crippen molar-refractivity contribution in [3.8, 4) is 5.82 Å². The maximum absolute atomic E-state index is 12.9. The monoisotopic (exact) mass is 308 g/mol. The number of aliphatic hydroxyl groups excluding tert-OH is 1. The highest BCUT2D eigenvalue weighted by Gasteiger charge is 2.15. The van der Waals surface area contributed by atoms with E-state index in [0.29, 0.717) is 30.2 Å². The number of anilines is 1. The van der Waals surface area contributed by atoms with E-state index in [-0.39, 0.29) is 12.5 Å². The molecule has 0 aliphatic heterocycles. The Morgan fingerprint density at radius 1 is 1.45 bits per heavy atom. The van der Waals surface area contributed by atoms with Gasteiger partial charge in [0.1, 0.15) is 11.4 Å². The Hall–Kier alpha value is -2.52. The van der Waals surface area contributed by atoms with E-state index >= 15 is 0 Å². The van der Waals surface area contributed by atoms with Crippen LogP contribution in [0.15, 0.2) is 24.5 Å². The summed E-state index contributed by atoms with van der Waals surface area (Å²) in [5, 5.41) is 23.7. The summed E-state index contributed by atoms with van der Waals surface area (Å²) in [7, 11) is 0. The number of rotatable bonds is 7. The van der Waals surface area contributed by atoms with Gasteiger partial charge in [-0.2, -0.15) is 5.90 Å². The molecule has 0 saturated carbocycles. The Morgan fingerprint density at radius 3 is 2.91 bits per heavy atom. The van der Waals surface area contributed by atoms with Crippen LogP contribution >= 0.6 is 0 Å². The number of halogens is 1. The summed E-state index contributed by atoms with van der Waals surface area (Å²) in [4.78, 5) is 8.36. The fourth-order valence-corrected chi connectivity index (χ4v) is 1.80. The first-order chi connectivity index (χ1) is 10.7. The van der Waals surface area contributed by atoms with Crippen LogP contribution < -0.4 is 11.2 Å². The molecule has 0 unspecified atom stereocenters. The largest absolute Gasteiger partial charge is 0.396 e. The van der Waals surface area contributed by atoms with Crippen LogP contribution in [0, 0.1) is 11.2 Å². The van der Waals surface area contributed by atoms with Crippen molar-refractivity contribution in [3.63, 3.8) is 0 Å². The van der Waals surface area contributed by atoms with E-state index in [9.17, 15) is 4.39 Å². The van der Waals surface area contributed by atoms with Crippen molar-refractivity contribution in [2.45, 2.75) is 12.8 Å². The lowest BCUT2D eigenvalue weighted by Crippen LogP contribution is -2.13. The first-order valence-electron chi connectivity index (χ1n) is 6.67. The third kappa shape index (κ3) is 3.77. The molecule has 0 spiro atoms. The molecule has 5 N–H and O–H groups in total. The summed E-state index contributed by atoms with van der Waals surface area (Å²) < 4.78 is 14.3. The topological polar surface area (TPSA) is 122 Å². The average molecular weight is 308 g/mol. The Balaban J connectivity index is 2.23. The fraction of sp³-hybridized carbons (Fsp3) is 0.308. The predicted molar refractivity (Wildman–Crippen MR) is 78.2 cm³/mol. The Morgan fingerprint density at radius 2 is 2.27 bits per heavy atom. The Kier molecular flexibility index (Phi) is 5.39. The van der Waals surface area contributed by atoms with Gasteiger partial charge < -0.3 is 15.3 Å². The molecule has 118 valence electrons. The maximum Gasteiger partial charge on any atom is 0.242 e. The fourth-order valence-electron chi connectivity index (χ4n) is 1.80. The normalized spacial score (nSPS) is 10.5. The molecule has 22 heavy (non-hydrogen) atoms. The van der Waals surface area contributed by atoms with Crippen LogP contribution in [0.4, 0.5) is 10.2 Å². The van der Waals surface area contributed by atoms with Crippen LogP contribution in [-0.2, 0) is 4.84 Å². The number of pyridine rings is 1. The first kappa shape index (κ1) is 15.9. The van der Waals surface area contributed by atoms with Crippen LogP contribution in [0.3, 0.4) is 0 Å². The predicted octanol–water partition coefficient (Wildman–Crippen LogP) is 0.806. The van der Waals surface area contributed by atoms with Gasteiger partial charge in [0.2, 0.25) is 5.90 Å². The first-order valence-corrected chi connectivity index (χ1v) is 6.67. The van der Waals surface area contributed by atoms with Gasteiger partial charge in [0.15, 0.2) is 11.6 Å². The maximum atomic E-state index is 12.9. The standard InChI is InChI=1S/C13H17FN6O2/c14-9-3-4-11(18-7-9)20-8-10(12(15)22-16)13(19-20)17-5-1-2-6-21/h3-4,7-8,15,21H,1-2,5-6,16H2,(H,17,19). The molecular formula is C13H17FN6O2. The number of hydrogen-bond donors (Lipinski definition) is 4.